The smallest absolute Gasteiger partial charge is 0.326 e. The van der Waals surface area contributed by atoms with Crippen molar-refractivity contribution < 1.29 is 23.1 Å². The van der Waals surface area contributed by atoms with E-state index in [1.165, 1.54) is 6.07 Å². The highest BCUT2D eigenvalue weighted by Gasteiger charge is 2.37. The number of nitrogens with one attached hydrogen (secondary N) is 2. The van der Waals surface area contributed by atoms with E-state index in [1.54, 1.807) is 12.1 Å². The maximum absolute atomic E-state index is 12.4. The molecule has 1 saturated carbocycles. The van der Waals surface area contributed by atoms with Gasteiger partial charge in [0.1, 0.15) is 6.04 Å². The van der Waals surface area contributed by atoms with Crippen molar-refractivity contribution in [1.29, 1.82) is 0 Å². The molecule has 2 aromatic carbocycles. The van der Waals surface area contributed by atoms with Crippen LogP contribution in [0.15, 0.2) is 47.4 Å². The van der Waals surface area contributed by atoms with Crippen LogP contribution in [0.2, 0.25) is 0 Å². The number of carbonyl (C=O) groups excluding carboxylic acids is 1. The van der Waals surface area contributed by atoms with Gasteiger partial charge in [-0.05, 0) is 41.7 Å². The van der Waals surface area contributed by atoms with E-state index < -0.39 is 27.9 Å². The monoisotopic (exact) mass is 376 g/mol. The van der Waals surface area contributed by atoms with Gasteiger partial charge in [0.15, 0.2) is 0 Å². The molecule has 1 aliphatic carbocycles. The summed E-state index contributed by atoms with van der Waals surface area (Å²) in [5.41, 5.74) is 0. The van der Waals surface area contributed by atoms with Crippen LogP contribution in [0.4, 0.5) is 0 Å². The van der Waals surface area contributed by atoms with Gasteiger partial charge < -0.3 is 10.4 Å². The quantitative estimate of drug-likeness (QED) is 0.646. The zero-order valence-corrected chi connectivity index (χ0v) is 14.8. The molecule has 0 saturated heterocycles. The predicted octanol–water partition coefficient (Wildman–Crippen LogP) is 1.49. The first-order valence-electron chi connectivity index (χ1n) is 8.37. The average Bonchev–Trinajstić information content (AvgIpc) is 3.43. The third-order valence-electron chi connectivity index (χ3n) is 4.35. The summed E-state index contributed by atoms with van der Waals surface area (Å²) in [6.07, 6.45) is 1.45. The highest BCUT2D eigenvalue weighted by Crippen LogP contribution is 2.32. The first kappa shape index (κ1) is 18.3. The zero-order chi connectivity index (χ0) is 18.7. The molecule has 1 aliphatic rings. The van der Waals surface area contributed by atoms with Gasteiger partial charge in [-0.25, -0.2) is 17.9 Å². The first-order chi connectivity index (χ1) is 12.4. The summed E-state index contributed by atoms with van der Waals surface area (Å²) in [5, 5.41) is 13.3. The van der Waals surface area contributed by atoms with Crippen molar-refractivity contribution in [2.24, 2.45) is 5.92 Å². The molecule has 0 radical (unpaired) electrons. The summed E-state index contributed by atoms with van der Waals surface area (Å²) in [4.78, 5) is 23.1. The minimum absolute atomic E-state index is 0.0225. The Hall–Kier alpha value is -2.45. The van der Waals surface area contributed by atoms with Crippen molar-refractivity contribution in [3.63, 3.8) is 0 Å². The molecule has 26 heavy (non-hydrogen) atoms. The number of amides is 1. The van der Waals surface area contributed by atoms with E-state index >= 15 is 0 Å². The lowest BCUT2D eigenvalue weighted by Crippen LogP contribution is -2.43. The van der Waals surface area contributed by atoms with Crippen LogP contribution in [0.1, 0.15) is 19.3 Å². The highest BCUT2D eigenvalue weighted by molar-refractivity contribution is 7.89. The third kappa shape index (κ3) is 4.39. The van der Waals surface area contributed by atoms with Crippen molar-refractivity contribution in [3.8, 4) is 0 Å². The first-order valence-corrected chi connectivity index (χ1v) is 9.86. The molecule has 138 valence electrons. The van der Waals surface area contributed by atoms with E-state index in [1.807, 2.05) is 24.3 Å². The fourth-order valence-corrected chi connectivity index (χ4v) is 3.84. The van der Waals surface area contributed by atoms with Crippen LogP contribution >= 0.6 is 0 Å². The number of benzene rings is 2. The molecule has 7 nitrogen and oxygen atoms in total. The standard InChI is InChI=1S/C18H20N2O5S/c21-16(20-17(18(22)23)13-5-6-13)9-10-19-26(24,25)15-8-7-12-3-1-2-4-14(12)11-15/h1-4,7-8,11,13,17,19H,5-6,9-10H2,(H,20,21)(H,22,23). The lowest BCUT2D eigenvalue weighted by Gasteiger charge is -2.13. The lowest BCUT2D eigenvalue weighted by molar-refractivity contribution is -0.142. The fraction of sp³-hybridized carbons (Fsp3) is 0.333. The molecule has 3 rings (SSSR count). The summed E-state index contributed by atoms with van der Waals surface area (Å²) >= 11 is 0. The second-order valence-electron chi connectivity index (χ2n) is 6.38. The zero-order valence-electron chi connectivity index (χ0n) is 14.0. The van der Waals surface area contributed by atoms with Crippen LogP contribution in [-0.2, 0) is 19.6 Å². The summed E-state index contributed by atoms with van der Waals surface area (Å²) in [7, 11) is -3.74. The molecular formula is C18H20N2O5S. The normalized spacial score (nSPS) is 15.5. The number of carboxylic acids is 1. The number of rotatable bonds is 8. The van der Waals surface area contributed by atoms with E-state index in [-0.39, 0.29) is 23.8 Å². The lowest BCUT2D eigenvalue weighted by atomic mass is 10.1. The minimum atomic E-state index is -3.74. The van der Waals surface area contributed by atoms with Gasteiger partial charge in [-0.3, -0.25) is 4.79 Å². The number of fused-ring (bicyclic) bond motifs is 1. The summed E-state index contributed by atoms with van der Waals surface area (Å²) in [5.74, 6) is -1.56. The average molecular weight is 376 g/mol. The summed E-state index contributed by atoms with van der Waals surface area (Å²) in [6.45, 7) is -0.0992. The topological polar surface area (TPSA) is 113 Å². The van der Waals surface area contributed by atoms with E-state index in [9.17, 15) is 18.0 Å². The van der Waals surface area contributed by atoms with Crippen LogP contribution in [0.5, 0.6) is 0 Å². The number of hydrogen-bond donors (Lipinski definition) is 3. The van der Waals surface area contributed by atoms with Crippen LogP contribution in [-0.4, -0.2) is 38.0 Å². The van der Waals surface area contributed by atoms with Crippen LogP contribution in [0, 0.1) is 5.92 Å². The van der Waals surface area contributed by atoms with Crippen molar-refractivity contribution >= 4 is 32.7 Å². The molecule has 0 heterocycles. The Kier molecular flexibility index (Phi) is 5.24. The molecule has 0 spiro atoms. The fourth-order valence-electron chi connectivity index (χ4n) is 2.77. The molecule has 1 fully saturated rings. The van der Waals surface area contributed by atoms with Gasteiger partial charge in [-0.2, -0.15) is 0 Å². The Morgan fingerprint density at radius 1 is 1.12 bits per heavy atom. The van der Waals surface area contributed by atoms with E-state index in [0.29, 0.717) is 0 Å². The third-order valence-corrected chi connectivity index (χ3v) is 5.81. The highest BCUT2D eigenvalue weighted by atomic mass is 32.2. The van der Waals surface area contributed by atoms with Gasteiger partial charge in [-0.15, -0.1) is 0 Å². The Bertz CT molecular complexity index is 938. The van der Waals surface area contributed by atoms with Gasteiger partial charge in [0.05, 0.1) is 4.90 Å². The summed E-state index contributed by atoms with van der Waals surface area (Å²) < 4.78 is 27.1. The molecule has 0 aliphatic heterocycles. The molecule has 1 atom stereocenters. The van der Waals surface area contributed by atoms with Crippen molar-refractivity contribution in [3.05, 3.63) is 42.5 Å². The predicted molar refractivity (Wildman–Crippen MR) is 96.0 cm³/mol. The van der Waals surface area contributed by atoms with Gasteiger partial charge in [0.2, 0.25) is 15.9 Å². The number of aliphatic carboxylic acids is 1. The van der Waals surface area contributed by atoms with Crippen LogP contribution in [0.25, 0.3) is 10.8 Å². The van der Waals surface area contributed by atoms with E-state index in [0.717, 1.165) is 23.6 Å². The van der Waals surface area contributed by atoms with E-state index in [4.69, 9.17) is 5.11 Å². The van der Waals surface area contributed by atoms with Crippen molar-refractivity contribution in [2.75, 3.05) is 6.54 Å². The maximum atomic E-state index is 12.4. The second-order valence-corrected chi connectivity index (χ2v) is 8.14. The van der Waals surface area contributed by atoms with Crippen LogP contribution < -0.4 is 10.0 Å². The van der Waals surface area contributed by atoms with E-state index in [2.05, 4.69) is 10.0 Å². The van der Waals surface area contributed by atoms with Crippen molar-refractivity contribution in [1.82, 2.24) is 10.0 Å². The van der Waals surface area contributed by atoms with Gasteiger partial charge in [-0.1, -0.05) is 30.3 Å². The maximum Gasteiger partial charge on any atom is 0.326 e. The molecular weight excluding hydrogens is 356 g/mol. The second kappa shape index (κ2) is 7.43. The minimum Gasteiger partial charge on any atom is -0.480 e. The van der Waals surface area contributed by atoms with Crippen LogP contribution in [0.3, 0.4) is 0 Å². The number of sulfonamides is 1. The Balaban J connectivity index is 1.57. The molecule has 1 amide bonds. The SMILES string of the molecule is O=C(CCNS(=O)(=O)c1ccc2ccccc2c1)NC(C(=O)O)C1CC1. The van der Waals surface area contributed by atoms with Gasteiger partial charge in [0.25, 0.3) is 0 Å². The largest absolute Gasteiger partial charge is 0.480 e. The molecule has 0 bridgehead atoms. The molecule has 1 unspecified atom stereocenters. The van der Waals surface area contributed by atoms with Crippen molar-refractivity contribution in [2.45, 2.75) is 30.2 Å². The molecule has 3 N–H and O–H groups in total. The molecule has 8 heteroatoms. The number of carboxylic acid groups (broad SMARTS) is 1. The van der Waals surface area contributed by atoms with Gasteiger partial charge >= 0.3 is 5.97 Å². The molecule has 0 aromatic heterocycles. The molecule has 2 aromatic rings. The Morgan fingerprint density at radius 2 is 1.81 bits per heavy atom. The number of carbonyl (C=O) groups is 2. The Labute approximate surface area is 151 Å². The Morgan fingerprint density at radius 3 is 2.46 bits per heavy atom. The summed E-state index contributed by atoms with van der Waals surface area (Å²) in [6, 6.07) is 11.3. The van der Waals surface area contributed by atoms with Gasteiger partial charge in [0, 0.05) is 13.0 Å². The number of hydrogen-bond acceptors (Lipinski definition) is 4.